The van der Waals surface area contributed by atoms with E-state index in [9.17, 15) is 9.59 Å². The number of hydrogen-bond acceptors (Lipinski definition) is 4. The van der Waals surface area contributed by atoms with Gasteiger partial charge in [0.25, 0.3) is 5.91 Å². The Labute approximate surface area is 155 Å². The fourth-order valence-electron chi connectivity index (χ4n) is 4.03. The second-order valence-corrected chi connectivity index (χ2v) is 7.40. The number of carbonyl (C=O) groups excluding carboxylic acids is 2. The average molecular weight is 359 g/mol. The highest BCUT2D eigenvalue weighted by atomic mass is 16.5. The lowest BCUT2D eigenvalue weighted by atomic mass is 9.78. The molecule has 6 nitrogen and oxygen atoms in total. The number of benzene rings is 1. The van der Waals surface area contributed by atoms with Crippen molar-refractivity contribution >= 4 is 11.8 Å². The lowest BCUT2D eigenvalue weighted by Gasteiger charge is -2.42. The van der Waals surface area contributed by atoms with Crippen LogP contribution < -0.4 is 5.73 Å². The molecule has 6 heteroatoms. The number of amides is 2. The third-order valence-electron chi connectivity index (χ3n) is 5.93. The summed E-state index contributed by atoms with van der Waals surface area (Å²) in [6.07, 6.45) is 2.99. The standard InChI is InChI=1S/C20H29N3O3/c1-22(19(25)20(15-21)9-13-26-14-10-20)17-7-11-23(12-8-17)18(24)16-5-3-2-4-6-16/h2-6,17H,7-15,21H2,1H3. The first-order valence-electron chi connectivity index (χ1n) is 9.47. The summed E-state index contributed by atoms with van der Waals surface area (Å²) < 4.78 is 5.41. The lowest BCUT2D eigenvalue weighted by Crippen LogP contribution is -2.54. The fourth-order valence-corrected chi connectivity index (χ4v) is 4.03. The molecule has 0 bridgehead atoms. The molecule has 1 aromatic rings. The van der Waals surface area contributed by atoms with Crippen molar-refractivity contribution in [2.45, 2.75) is 31.7 Å². The van der Waals surface area contributed by atoms with E-state index in [-0.39, 0.29) is 17.9 Å². The van der Waals surface area contributed by atoms with Crippen molar-refractivity contribution in [3.8, 4) is 0 Å². The van der Waals surface area contributed by atoms with Gasteiger partial charge in [0, 0.05) is 51.5 Å². The van der Waals surface area contributed by atoms with Gasteiger partial charge in [-0.3, -0.25) is 9.59 Å². The highest BCUT2D eigenvalue weighted by molar-refractivity contribution is 5.94. The summed E-state index contributed by atoms with van der Waals surface area (Å²) >= 11 is 0. The van der Waals surface area contributed by atoms with Crippen LogP contribution in [0.4, 0.5) is 0 Å². The van der Waals surface area contributed by atoms with Crippen LogP contribution in [0.25, 0.3) is 0 Å². The van der Waals surface area contributed by atoms with E-state index in [1.54, 1.807) is 0 Å². The number of likely N-dealkylation sites (tertiary alicyclic amines) is 1. The number of hydrogen-bond donors (Lipinski definition) is 1. The van der Waals surface area contributed by atoms with E-state index in [2.05, 4.69) is 0 Å². The van der Waals surface area contributed by atoms with Crippen LogP contribution in [0.1, 0.15) is 36.0 Å². The molecule has 0 unspecified atom stereocenters. The van der Waals surface area contributed by atoms with E-state index < -0.39 is 5.41 Å². The van der Waals surface area contributed by atoms with E-state index in [0.29, 0.717) is 45.7 Å². The molecular formula is C20H29N3O3. The number of carbonyl (C=O) groups is 2. The van der Waals surface area contributed by atoms with Gasteiger partial charge >= 0.3 is 0 Å². The van der Waals surface area contributed by atoms with E-state index in [0.717, 1.165) is 18.4 Å². The molecule has 2 N–H and O–H groups in total. The van der Waals surface area contributed by atoms with Gasteiger partial charge in [-0.2, -0.15) is 0 Å². The van der Waals surface area contributed by atoms with E-state index >= 15 is 0 Å². The number of rotatable bonds is 4. The van der Waals surface area contributed by atoms with Gasteiger partial charge in [-0.25, -0.2) is 0 Å². The zero-order valence-electron chi connectivity index (χ0n) is 15.5. The fraction of sp³-hybridized carbons (Fsp3) is 0.600. The molecule has 0 saturated carbocycles. The molecule has 0 atom stereocenters. The van der Waals surface area contributed by atoms with Crippen molar-refractivity contribution in [1.82, 2.24) is 9.80 Å². The van der Waals surface area contributed by atoms with Gasteiger partial charge in [-0.05, 0) is 37.8 Å². The molecule has 0 radical (unpaired) electrons. The first-order valence-corrected chi connectivity index (χ1v) is 9.47. The Bertz CT molecular complexity index is 620. The zero-order chi connectivity index (χ0) is 18.6. The molecule has 3 rings (SSSR count). The van der Waals surface area contributed by atoms with Crippen LogP contribution in [0.3, 0.4) is 0 Å². The maximum Gasteiger partial charge on any atom is 0.253 e. The Hall–Kier alpha value is -1.92. The van der Waals surface area contributed by atoms with Gasteiger partial charge in [-0.1, -0.05) is 18.2 Å². The number of nitrogens with zero attached hydrogens (tertiary/aromatic N) is 2. The minimum atomic E-state index is -0.482. The zero-order valence-corrected chi connectivity index (χ0v) is 15.5. The molecular weight excluding hydrogens is 330 g/mol. The van der Waals surface area contributed by atoms with Crippen molar-refractivity contribution < 1.29 is 14.3 Å². The minimum Gasteiger partial charge on any atom is -0.381 e. The lowest BCUT2D eigenvalue weighted by molar-refractivity contribution is -0.148. The Balaban J connectivity index is 1.59. The van der Waals surface area contributed by atoms with Crippen LogP contribution in [0.5, 0.6) is 0 Å². The van der Waals surface area contributed by atoms with Crippen LogP contribution in [0.2, 0.25) is 0 Å². The molecule has 0 spiro atoms. The molecule has 0 aromatic heterocycles. The summed E-state index contributed by atoms with van der Waals surface area (Å²) in [7, 11) is 1.88. The second-order valence-electron chi connectivity index (χ2n) is 7.40. The van der Waals surface area contributed by atoms with E-state index in [1.165, 1.54) is 0 Å². The summed E-state index contributed by atoms with van der Waals surface area (Å²) in [4.78, 5) is 29.4. The Morgan fingerprint density at radius 1 is 1.19 bits per heavy atom. The predicted octanol–water partition coefficient (Wildman–Crippen LogP) is 1.51. The van der Waals surface area contributed by atoms with Crippen LogP contribution in [0.15, 0.2) is 30.3 Å². The third-order valence-corrected chi connectivity index (χ3v) is 5.93. The van der Waals surface area contributed by atoms with Gasteiger partial charge in [-0.15, -0.1) is 0 Å². The highest BCUT2D eigenvalue weighted by Gasteiger charge is 2.42. The SMILES string of the molecule is CN(C(=O)C1(CN)CCOCC1)C1CCN(C(=O)c2ccccc2)CC1. The molecule has 2 fully saturated rings. The number of piperidine rings is 1. The molecule has 2 amide bonds. The van der Waals surface area contributed by atoms with Crippen molar-refractivity contribution in [2.24, 2.45) is 11.1 Å². The summed E-state index contributed by atoms with van der Waals surface area (Å²) in [6.45, 7) is 2.91. The average Bonchev–Trinajstić information content (AvgIpc) is 2.73. The van der Waals surface area contributed by atoms with Crippen molar-refractivity contribution in [3.05, 3.63) is 35.9 Å². The molecule has 2 saturated heterocycles. The van der Waals surface area contributed by atoms with E-state index in [4.69, 9.17) is 10.5 Å². The van der Waals surface area contributed by atoms with Gasteiger partial charge in [0.2, 0.25) is 5.91 Å². The molecule has 26 heavy (non-hydrogen) atoms. The second kappa shape index (κ2) is 8.18. The molecule has 2 aliphatic rings. The quantitative estimate of drug-likeness (QED) is 0.884. The van der Waals surface area contributed by atoms with Crippen molar-refractivity contribution in [3.63, 3.8) is 0 Å². The molecule has 0 aliphatic carbocycles. The monoisotopic (exact) mass is 359 g/mol. The number of ether oxygens (including phenoxy) is 1. The smallest absolute Gasteiger partial charge is 0.253 e. The summed E-state index contributed by atoms with van der Waals surface area (Å²) in [5, 5.41) is 0. The summed E-state index contributed by atoms with van der Waals surface area (Å²) in [6, 6.07) is 9.53. The first-order chi connectivity index (χ1) is 12.6. The van der Waals surface area contributed by atoms with Gasteiger partial charge < -0.3 is 20.3 Å². The van der Waals surface area contributed by atoms with Gasteiger partial charge in [0.1, 0.15) is 0 Å². The number of nitrogens with two attached hydrogens (primary N) is 1. The van der Waals surface area contributed by atoms with Gasteiger partial charge in [0.05, 0.1) is 5.41 Å². The molecule has 142 valence electrons. The topological polar surface area (TPSA) is 75.9 Å². The molecule has 1 aromatic carbocycles. The Morgan fingerprint density at radius 2 is 1.81 bits per heavy atom. The minimum absolute atomic E-state index is 0.0703. The van der Waals surface area contributed by atoms with Gasteiger partial charge in [0.15, 0.2) is 0 Å². The first kappa shape index (κ1) is 18.9. The van der Waals surface area contributed by atoms with Crippen LogP contribution in [-0.2, 0) is 9.53 Å². The van der Waals surface area contributed by atoms with Crippen LogP contribution >= 0.6 is 0 Å². The maximum absolute atomic E-state index is 13.1. The predicted molar refractivity (Wildman–Crippen MR) is 99.7 cm³/mol. The van der Waals surface area contributed by atoms with Crippen molar-refractivity contribution in [2.75, 3.05) is 39.9 Å². The molecule has 2 heterocycles. The third kappa shape index (κ3) is 3.76. The van der Waals surface area contributed by atoms with E-state index in [1.807, 2.05) is 47.2 Å². The molecule has 2 aliphatic heterocycles. The normalized spacial score (nSPS) is 20.6. The van der Waals surface area contributed by atoms with Crippen LogP contribution in [0, 0.1) is 5.41 Å². The maximum atomic E-state index is 13.1. The van der Waals surface area contributed by atoms with Crippen LogP contribution in [-0.4, -0.2) is 67.6 Å². The van der Waals surface area contributed by atoms with Crippen molar-refractivity contribution in [1.29, 1.82) is 0 Å². The highest BCUT2D eigenvalue weighted by Crippen LogP contribution is 2.33. The summed E-state index contributed by atoms with van der Waals surface area (Å²) in [5.74, 6) is 0.206. The largest absolute Gasteiger partial charge is 0.381 e. The summed E-state index contributed by atoms with van der Waals surface area (Å²) in [5.41, 5.74) is 6.22. The Morgan fingerprint density at radius 3 is 2.38 bits per heavy atom. The Kier molecular flexibility index (Phi) is 5.94.